The number of hydrogen-bond donors (Lipinski definition) is 1. The van der Waals surface area contributed by atoms with E-state index in [4.69, 9.17) is 27.9 Å². The molecule has 0 aliphatic rings. The molecule has 0 aliphatic carbocycles. The second-order valence-corrected chi connectivity index (χ2v) is 5.60. The van der Waals surface area contributed by atoms with Crippen molar-refractivity contribution < 1.29 is 9.84 Å². The Balaban J connectivity index is 2.05. The van der Waals surface area contributed by atoms with Gasteiger partial charge in [-0.15, -0.1) is 0 Å². The zero-order chi connectivity index (χ0) is 13.8. The average molecular weight is 362 g/mol. The highest BCUT2D eigenvalue weighted by Gasteiger charge is 2.11. The molecule has 1 atom stereocenters. The van der Waals surface area contributed by atoms with Gasteiger partial charge in [-0.1, -0.05) is 53.5 Å². The van der Waals surface area contributed by atoms with Gasteiger partial charge < -0.3 is 9.84 Å². The van der Waals surface area contributed by atoms with Crippen molar-refractivity contribution in [1.82, 2.24) is 0 Å². The first-order chi connectivity index (χ1) is 9.08. The van der Waals surface area contributed by atoms with E-state index in [1.807, 2.05) is 30.3 Å². The van der Waals surface area contributed by atoms with E-state index in [9.17, 15) is 5.11 Å². The van der Waals surface area contributed by atoms with Gasteiger partial charge in [0.15, 0.2) is 0 Å². The summed E-state index contributed by atoms with van der Waals surface area (Å²) in [6, 6.07) is 12.6. The summed E-state index contributed by atoms with van der Waals surface area (Å²) in [4.78, 5) is 0. The Morgan fingerprint density at radius 2 is 1.79 bits per heavy atom. The lowest BCUT2D eigenvalue weighted by Crippen LogP contribution is -2.09. The Bertz CT molecular complexity index is 561. The third-order valence-corrected chi connectivity index (χ3v) is 4.05. The SMILES string of the molecule is OC(COc1cc(Cl)c(Br)cc1Cl)c1ccccc1. The maximum atomic E-state index is 9.99. The number of halogens is 3. The maximum Gasteiger partial charge on any atom is 0.139 e. The summed E-state index contributed by atoms with van der Waals surface area (Å²) in [6.45, 7) is 0.113. The molecule has 0 aliphatic heterocycles. The third-order valence-electron chi connectivity index (χ3n) is 2.56. The van der Waals surface area contributed by atoms with Crippen LogP contribution in [0.15, 0.2) is 46.9 Å². The lowest BCUT2D eigenvalue weighted by atomic mass is 10.1. The largest absolute Gasteiger partial charge is 0.489 e. The second kappa shape index (κ2) is 6.62. The van der Waals surface area contributed by atoms with Gasteiger partial charge in [0.25, 0.3) is 0 Å². The number of aliphatic hydroxyl groups is 1. The molecule has 2 aromatic rings. The zero-order valence-electron chi connectivity index (χ0n) is 9.82. The summed E-state index contributed by atoms with van der Waals surface area (Å²) in [7, 11) is 0. The minimum Gasteiger partial charge on any atom is -0.489 e. The summed E-state index contributed by atoms with van der Waals surface area (Å²) in [5.41, 5.74) is 0.793. The predicted octanol–water partition coefficient (Wildman–Crippen LogP) is 4.87. The lowest BCUT2D eigenvalue weighted by Gasteiger charge is -2.14. The fourth-order valence-corrected chi connectivity index (χ4v) is 2.40. The van der Waals surface area contributed by atoms with Crippen molar-refractivity contribution >= 4 is 39.1 Å². The van der Waals surface area contributed by atoms with Gasteiger partial charge in [-0.25, -0.2) is 0 Å². The molecule has 2 aromatic carbocycles. The second-order valence-electron chi connectivity index (χ2n) is 3.93. The van der Waals surface area contributed by atoms with Crippen LogP contribution in [0.3, 0.4) is 0 Å². The van der Waals surface area contributed by atoms with Crippen LogP contribution in [0.1, 0.15) is 11.7 Å². The molecule has 100 valence electrons. The van der Waals surface area contributed by atoms with Crippen molar-refractivity contribution in [3.05, 3.63) is 62.5 Å². The van der Waals surface area contributed by atoms with Gasteiger partial charge >= 0.3 is 0 Å². The smallest absolute Gasteiger partial charge is 0.139 e. The normalized spacial score (nSPS) is 12.2. The van der Waals surface area contributed by atoms with Crippen LogP contribution >= 0.6 is 39.1 Å². The quantitative estimate of drug-likeness (QED) is 0.787. The monoisotopic (exact) mass is 360 g/mol. The molecule has 0 amide bonds. The summed E-state index contributed by atoms with van der Waals surface area (Å²) in [5, 5.41) is 10.9. The summed E-state index contributed by atoms with van der Waals surface area (Å²) < 4.78 is 6.21. The third kappa shape index (κ3) is 3.86. The molecule has 5 heteroatoms. The van der Waals surface area contributed by atoms with Gasteiger partial charge in [0.2, 0.25) is 0 Å². The standard InChI is InChI=1S/C14H11BrCl2O2/c15-10-6-12(17)14(7-11(10)16)19-8-13(18)9-4-2-1-3-5-9/h1-7,13,18H,8H2. The van der Waals surface area contributed by atoms with Crippen molar-refractivity contribution in [3.8, 4) is 5.75 Å². The molecule has 0 saturated carbocycles. The van der Waals surface area contributed by atoms with E-state index in [2.05, 4.69) is 15.9 Å². The van der Waals surface area contributed by atoms with Crippen LogP contribution in [-0.2, 0) is 0 Å². The van der Waals surface area contributed by atoms with E-state index in [1.165, 1.54) is 0 Å². The fraction of sp³-hybridized carbons (Fsp3) is 0.143. The molecular formula is C14H11BrCl2O2. The molecule has 0 spiro atoms. The first-order valence-electron chi connectivity index (χ1n) is 5.58. The highest BCUT2D eigenvalue weighted by Crippen LogP contribution is 2.34. The molecule has 0 radical (unpaired) electrons. The van der Waals surface area contributed by atoms with Crippen LogP contribution in [0.5, 0.6) is 5.75 Å². The number of benzene rings is 2. The molecule has 0 heterocycles. The van der Waals surface area contributed by atoms with Gasteiger partial charge in [-0.05, 0) is 27.6 Å². The van der Waals surface area contributed by atoms with E-state index < -0.39 is 6.10 Å². The molecule has 0 saturated heterocycles. The number of hydrogen-bond acceptors (Lipinski definition) is 2. The van der Waals surface area contributed by atoms with E-state index in [-0.39, 0.29) is 6.61 Å². The molecule has 0 bridgehead atoms. The van der Waals surface area contributed by atoms with Crippen LogP contribution in [-0.4, -0.2) is 11.7 Å². The van der Waals surface area contributed by atoms with Gasteiger partial charge in [-0.2, -0.15) is 0 Å². The topological polar surface area (TPSA) is 29.5 Å². The molecule has 2 nitrogen and oxygen atoms in total. The Morgan fingerprint density at radius 1 is 1.11 bits per heavy atom. The van der Waals surface area contributed by atoms with Gasteiger partial charge in [0, 0.05) is 10.5 Å². The predicted molar refractivity (Wildman–Crippen MR) is 81.1 cm³/mol. The fourth-order valence-electron chi connectivity index (χ4n) is 1.56. The molecule has 1 unspecified atom stereocenters. The van der Waals surface area contributed by atoms with Gasteiger partial charge in [0.1, 0.15) is 18.5 Å². The molecule has 0 fully saturated rings. The van der Waals surface area contributed by atoms with Crippen LogP contribution in [0.25, 0.3) is 0 Å². The Kier molecular flexibility index (Phi) is 5.11. The van der Waals surface area contributed by atoms with Gasteiger partial charge in [-0.3, -0.25) is 0 Å². The van der Waals surface area contributed by atoms with Crippen molar-refractivity contribution in [2.24, 2.45) is 0 Å². The van der Waals surface area contributed by atoms with Gasteiger partial charge in [0.05, 0.1) is 10.0 Å². The Hall–Kier alpha value is -0.740. The number of aliphatic hydroxyl groups excluding tert-OH is 1. The highest BCUT2D eigenvalue weighted by molar-refractivity contribution is 9.10. The summed E-state index contributed by atoms with van der Waals surface area (Å²) >= 11 is 15.3. The molecular weight excluding hydrogens is 351 g/mol. The molecule has 19 heavy (non-hydrogen) atoms. The minimum absolute atomic E-state index is 0.113. The Labute approximate surface area is 130 Å². The van der Waals surface area contributed by atoms with Crippen LogP contribution in [0.4, 0.5) is 0 Å². The van der Waals surface area contributed by atoms with Crippen molar-refractivity contribution in [1.29, 1.82) is 0 Å². The minimum atomic E-state index is -0.709. The summed E-state index contributed by atoms with van der Waals surface area (Å²) in [6.07, 6.45) is -0.709. The van der Waals surface area contributed by atoms with E-state index in [1.54, 1.807) is 12.1 Å². The summed E-state index contributed by atoms with van der Waals surface area (Å²) in [5.74, 6) is 0.449. The van der Waals surface area contributed by atoms with Crippen LogP contribution < -0.4 is 4.74 Å². The Morgan fingerprint density at radius 3 is 2.47 bits per heavy atom. The first-order valence-corrected chi connectivity index (χ1v) is 7.13. The highest BCUT2D eigenvalue weighted by atomic mass is 79.9. The van der Waals surface area contributed by atoms with Crippen molar-refractivity contribution in [3.63, 3.8) is 0 Å². The van der Waals surface area contributed by atoms with Crippen LogP contribution in [0, 0.1) is 0 Å². The molecule has 1 N–H and O–H groups in total. The zero-order valence-corrected chi connectivity index (χ0v) is 12.9. The number of rotatable bonds is 4. The van der Waals surface area contributed by atoms with Crippen LogP contribution in [0.2, 0.25) is 10.0 Å². The number of ether oxygens (including phenoxy) is 1. The molecule has 2 rings (SSSR count). The maximum absolute atomic E-state index is 9.99. The van der Waals surface area contributed by atoms with Crippen molar-refractivity contribution in [2.45, 2.75) is 6.10 Å². The first kappa shape index (κ1) is 14.7. The van der Waals surface area contributed by atoms with Crippen molar-refractivity contribution in [2.75, 3.05) is 6.61 Å². The van der Waals surface area contributed by atoms with E-state index in [0.29, 0.717) is 20.3 Å². The van der Waals surface area contributed by atoms with E-state index >= 15 is 0 Å². The lowest BCUT2D eigenvalue weighted by molar-refractivity contribution is 0.108. The van der Waals surface area contributed by atoms with E-state index in [0.717, 1.165) is 5.56 Å². The molecule has 0 aromatic heterocycles. The average Bonchev–Trinajstić information content (AvgIpc) is 2.42.